The van der Waals surface area contributed by atoms with Crippen molar-refractivity contribution >= 4 is 29.0 Å². The number of aromatic amines is 1. The molecular weight excluding hydrogens is 342 g/mol. The lowest BCUT2D eigenvalue weighted by molar-refractivity contribution is 0.145. The van der Waals surface area contributed by atoms with E-state index in [0.29, 0.717) is 29.0 Å². The van der Waals surface area contributed by atoms with Gasteiger partial charge in [0.2, 0.25) is 5.89 Å². The topological polar surface area (TPSA) is 134 Å². The number of anilines is 1. The molecule has 0 bridgehead atoms. The Bertz CT molecular complexity index is 905. The van der Waals surface area contributed by atoms with Gasteiger partial charge in [-0.3, -0.25) is 0 Å². The van der Waals surface area contributed by atoms with Crippen LogP contribution < -0.4 is 10.4 Å². The molecule has 10 heteroatoms. The summed E-state index contributed by atoms with van der Waals surface area (Å²) < 4.78 is 10.3. The molecule has 3 aromatic heterocycles. The van der Waals surface area contributed by atoms with Gasteiger partial charge < -0.3 is 19.2 Å². The van der Waals surface area contributed by atoms with Crippen molar-refractivity contribution in [2.75, 3.05) is 11.6 Å². The maximum absolute atomic E-state index is 12.2. The molecule has 0 aliphatic rings. The third-order valence-corrected chi connectivity index (χ3v) is 3.47. The number of rotatable bonds is 5. The average Bonchev–Trinajstić information content (AvgIpc) is 3.28. The zero-order valence-electron chi connectivity index (χ0n) is 13.9. The Hall–Kier alpha value is -3.56. The zero-order chi connectivity index (χ0) is 18.5. The molecule has 136 valence electrons. The lowest BCUT2D eigenvalue weighted by atomic mass is 10.3. The number of hydrazine groups is 1. The van der Waals surface area contributed by atoms with Crippen LogP contribution in [0.5, 0.6) is 0 Å². The summed E-state index contributed by atoms with van der Waals surface area (Å²) in [6.45, 7) is 2.14. The lowest BCUT2D eigenvalue weighted by Gasteiger charge is -2.20. The van der Waals surface area contributed by atoms with Gasteiger partial charge in [0.1, 0.15) is 12.0 Å². The number of pyridine rings is 1. The molecule has 0 aliphatic carbocycles. The smallest absolute Gasteiger partial charge is 0.435 e. The van der Waals surface area contributed by atoms with E-state index in [9.17, 15) is 9.59 Å². The minimum Gasteiger partial charge on any atom is -0.464 e. The number of carboxylic acid groups (broad SMARTS) is 1. The molecule has 0 saturated heterocycles. The van der Waals surface area contributed by atoms with Gasteiger partial charge in [0.25, 0.3) is 0 Å². The molecule has 0 unspecified atom stereocenters. The van der Waals surface area contributed by atoms with E-state index < -0.39 is 12.2 Å². The fourth-order valence-electron chi connectivity index (χ4n) is 2.25. The van der Waals surface area contributed by atoms with E-state index >= 15 is 0 Å². The number of oxazole rings is 1. The van der Waals surface area contributed by atoms with Crippen LogP contribution in [-0.4, -0.2) is 38.9 Å². The van der Waals surface area contributed by atoms with Crippen molar-refractivity contribution in [2.24, 2.45) is 0 Å². The van der Waals surface area contributed by atoms with Crippen LogP contribution in [0.4, 0.5) is 15.4 Å². The van der Waals surface area contributed by atoms with E-state index in [1.54, 1.807) is 12.1 Å². The van der Waals surface area contributed by atoms with Crippen molar-refractivity contribution in [3.63, 3.8) is 0 Å². The molecule has 26 heavy (non-hydrogen) atoms. The van der Waals surface area contributed by atoms with Gasteiger partial charge in [-0.05, 0) is 24.6 Å². The standard InChI is InChI=1S/C16H17N5O5/c1-2-3-7-26-16(24)21(20-15(22)23)13-5-4-10-11(19-13)9-12(18-10)14-17-6-8-25-14/h4-6,8-9,18,20H,2-3,7H2,1H3,(H,22,23). The van der Waals surface area contributed by atoms with Crippen molar-refractivity contribution in [1.82, 2.24) is 20.4 Å². The molecule has 0 fully saturated rings. The predicted molar refractivity (Wildman–Crippen MR) is 91.5 cm³/mol. The molecule has 0 atom stereocenters. The zero-order valence-corrected chi connectivity index (χ0v) is 13.9. The number of aromatic nitrogens is 3. The van der Waals surface area contributed by atoms with Crippen molar-refractivity contribution < 1.29 is 23.8 Å². The predicted octanol–water partition coefficient (Wildman–Crippen LogP) is 3.14. The maximum Gasteiger partial charge on any atom is 0.435 e. The highest BCUT2D eigenvalue weighted by Gasteiger charge is 2.22. The average molecular weight is 359 g/mol. The van der Waals surface area contributed by atoms with Crippen molar-refractivity contribution in [3.05, 3.63) is 30.7 Å². The second-order valence-electron chi connectivity index (χ2n) is 5.34. The van der Waals surface area contributed by atoms with E-state index in [-0.39, 0.29) is 12.4 Å². The van der Waals surface area contributed by atoms with E-state index in [4.69, 9.17) is 14.3 Å². The molecule has 3 rings (SSSR count). The molecule has 0 aliphatic heterocycles. The maximum atomic E-state index is 12.2. The number of unbranched alkanes of at least 4 members (excludes halogenated alkanes) is 1. The molecule has 0 radical (unpaired) electrons. The van der Waals surface area contributed by atoms with Crippen molar-refractivity contribution in [3.8, 4) is 11.6 Å². The molecule has 3 aromatic rings. The van der Waals surface area contributed by atoms with Crippen LogP contribution in [0.3, 0.4) is 0 Å². The number of hydrogen-bond donors (Lipinski definition) is 3. The van der Waals surface area contributed by atoms with Crippen LogP contribution in [-0.2, 0) is 4.74 Å². The first-order chi connectivity index (χ1) is 12.6. The Morgan fingerprint density at radius 2 is 2.27 bits per heavy atom. The summed E-state index contributed by atoms with van der Waals surface area (Å²) in [7, 11) is 0. The first kappa shape index (κ1) is 17.3. The molecule has 10 nitrogen and oxygen atoms in total. The number of carbonyl (C=O) groups excluding carboxylic acids is 1. The van der Waals surface area contributed by atoms with Crippen LogP contribution in [0.2, 0.25) is 0 Å². The highest BCUT2D eigenvalue weighted by molar-refractivity contribution is 5.91. The highest BCUT2D eigenvalue weighted by atomic mass is 16.6. The molecule has 0 aromatic carbocycles. The van der Waals surface area contributed by atoms with E-state index in [2.05, 4.69) is 15.0 Å². The third kappa shape index (κ3) is 3.74. The summed E-state index contributed by atoms with van der Waals surface area (Å²) >= 11 is 0. The number of carbonyl (C=O) groups is 2. The van der Waals surface area contributed by atoms with Gasteiger partial charge in [-0.1, -0.05) is 13.3 Å². The van der Waals surface area contributed by atoms with Gasteiger partial charge >= 0.3 is 12.2 Å². The number of nitrogens with zero attached hydrogens (tertiary/aromatic N) is 3. The number of H-pyrrole nitrogens is 1. The minimum atomic E-state index is -1.41. The van der Waals surface area contributed by atoms with E-state index in [1.165, 1.54) is 18.5 Å². The Morgan fingerprint density at radius 1 is 1.42 bits per heavy atom. The van der Waals surface area contributed by atoms with Gasteiger partial charge in [-0.15, -0.1) is 0 Å². The molecule has 3 heterocycles. The quantitative estimate of drug-likeness (QED) is 0.470. The fraction of sp³-hybridized carbons (Fsp3) is 0.250. The number of nitrogens with one attached hydrogen (secondary N) is 2. The first-order valence-corrected chi connectivity index (χ1v) is 7.94. The molecular formula is C16H17N5O5. The van der Waals surface area contributed by atoms with Gasteiger partial charge in [-0.2, -0.15) is 5.01 Å². The Kier molecular flexibility index (Phi) is 5.02. The Labute approximate surface area is 147 Å². The van der Waals surface area contributed by atoms with E-state index in [1.807, 2.05) is 12.3 Å². The highest BCUT2D eigenvalue weighted by Crippen LogP contribution is 2.24. The number of fused-ring (bicyclic) bond motifs is 1. The van der Waals surface area contributed by atoms with Gasteiger partial charge in [0.15, 0.2) is 5.82 Å². The second kappa shape index (κ2) is 7.55. The summed E-state index contributed by atoms with van der Waals surface area (Å²) in [6.07, 6.45) is 2.23. The molecule has 2 amide bonds. The van der Waals surface area contributed by atoms with Gasteiger partial charge in [-0.25, -0.2) is 25.0 Å². The second-order valence-corrected chi connectivity index (χ2v) is 5.34. The fourth-order valence-corrected chi connectivity index (χ4v) is 2.25. The molecule has 3 N–H and O–H groups in total. The van der Waals surface area contributed by atoms with Crippen LogP contribution in [0.15, 0.2) is 35.1 Å². The monoisotopic (exact) mass is 359 g/mol. The normalized spacial score (nSPS) is 10.7. The van der Waals surface area contributed by atoms with Gasteiger partial charge in [0.05, 0.1) is 23.8 Å². The third-order valence-electron chi connectivity index (χ3n) is 3.47. The molecule has 0 spiro atoms. The van der Waals surface area contributed by atoms with Crippen LogP contribution in [0.25, 0.3) is 22.6 Å². The number of amides is 2. The minimum absolute atomic E-state index is 0.0827. The van der Waals surface area contributed by atoms with Crippen molar-refractivity contribution in [1.29, 1.82) is 0 Å². The summed E-state index contributed by atoms with van der Waals surface area (Å²) in [5.74, 6) is 0.475. The van der Waals surface area contributed by atoms with Gasteiger partial charge in [0, 0.05) is 0 Å². The van der Waals surface area contributed by atoms with Crippen LogP contribution in [0.1, 0.15) is 19.8 Å². The lowest BCUT2D eigenvalue weighted by Crippen LogP contribution is -2.46. The Morgan fingerprint density at radius 3 is 2.96 bits per heavy atom. The Balaban J connectivity index is 1.89. The largest absolute Gasteiger partial charge is 0.464 e. The van der Waals surface area contributed by atoms with Crippen LogP contribution in [0, 0.1) is 0 Å². The van der Waals surface area contributed by atoms with Crippen LogP contribution >= 0.6 is 0 Å². The summed E-state index contributed by atoms with van der Waals surface area (Å²) in [5.41, 5.74) is 3.79. The van der Waals surface area contributed by atoms with Crippen molar-refractivity contribution in [2.45, 2.75) is 19.8 Å². The summed E-state index contributed by atoms with van der Waals surface area (Å²) in [4.78, 5) is 34.7. The first-order valence-electron chi connectivity index (χ1n) is 7.94. The summed E-state index contributed by atoms with van der Waals surface area (Å²) in [6, 6.07) is 4.85. The number of hydrogen-bond acceptors (Lipinski definition) is 6. The number of ether oxygens (including phenoxy) is 1. The summed E-state index contributed by atoms with van der Waals surface area (Å²) in [5, 5.41) is 9.74. The van der Waals surface area contributed by atoms with E-state index in [0.717, 1.165) is 11.4 Å². The molecule has 0 saturated carbocycles. The SMILES string of the molecule is CCCCOC(=O)N(NC(=O)O)c1ccc2[nH]c(-c3ncco3)cc2n1.